The molecule has 11 rings (SSSR count). The van der Waals surface area contributed by atoms with Crippen molar-refractivity contribution in [3.8, 4) is 62.1 Å². The van der Waals surface area contributed by atoms with E-state index in [-0.39, 0.29) is 5.41 Å². The van der Waals surface area contributed by atoms with E-state index in [9.17, 15) is 0 Å². The van der Waals surface area contributed by atoms with Gasteiger partial charge >= 0.3 is 0 Å². The second-order valence-corrected chi connectivity index (χ2v) is 15.6. The SMILES string of the molecule is CC1(C)c2ccccc2-c2ccc(-c3cccc(-c4ccc5c(c4)c4c6c(ccc4n5-c4nc(-c5ccccc5)nc(-c5ccccc5)n4)CCC=C6)c3)cc21. The monoisotopic (exact) mass is 718 g/mol. The minimum absolute atomic E-state index is 0.0470. The molecule has 266 valence electrons. The van der Waals surface area contributed by atoms with Gasteiger partial charge in [-0.1, -0.05) is 153 Å². The Morgan fingerprint density at radius 1 is 0.500 bits per heavy atom. The quantitative estimate of drug-likeness (QED) is 0.178. The van der Waals surface area contributed by atoms with Gasteiger partial charge in [-0.05, 0) is 98.8 Å². The summed E-state index contributed by atoms with van der Waals surface area (Å²) in [4.78, 5) is 15.4. The summed E-state index contributed by atoms with van der Waals surface area (Å²) in [7, 11) is 0. The number of fused-ring (bicyclic) bond motifs is 8. The molecular weight excluding hydrogens is 681 g/mol. The van der Waals surface area contributed by atoms with Gasteiger partial charge in [-0.25, -0.2) is 4.98 Å². The van der Waals surface area contributed by atoms with Gasteiger partial charge in [-0.2, -0.15) is 9.97 Å². The second kappa shape index (κ2) is 12.6. The van der Waals surface area contributed by atoms with Crippen LogP contribution in [0.5, 0.6) is 0 Å². The number of hydrogen-bond donors (Lipinski definition) is 0. The zero-order valence-electron chi connectivity index (χ0n) is 31.4. The molecule has 2 heterocycles. The Hall–Kier alpha value is -6.91. The zero-order valence-corrected chi connectivity index (χ0v) is 31.4. The first-order valence-electron chi connectivity index (χ1n) is 19.5. The molecule has 9 aromatic rings. The molecule has 0 N–H and O–H groups in total. The number of nitrogens with zero attached hydrogens (tertiary/aromatic N) is 4. The van der Waals surface area contributed by atoms with Crippen LogP contribution in [-0.4, -0.2) is 19.5 Å². The first kappa shape index (κ1) is 32.5. The average Bonchev–Trinajstić information content (AvgIpc) is 3.72. The molecule has 0 atom stereocenters. The third kappa shape index (κ3) is 5.10. The number of aromatic nitrogens is 4. The molecule has 0 spiro atoms. The number of rotatable bonds is 5. The molecule has 0 unspecified atom stereocenters. The van der Waals surface area contributed by atoms with E-state index in [1.165, 1.54) is 66.4 Å². The lowest BCUT2D eigenvalue weighted by atomic mass is 9.81. The van der Waals surface area contributed by atoms with Gasteiger partial charge in [0, 0.05) is 27.3 Å². The Balaban J connectivity index is 1.09. The van der Waals surface area contributed by atoms with E-state index >= 15 is 0 Å². The number of hydrogen-bond acceptors (Lipinski definition) is 3. The molecule has 56 heavy (non-hydrogen) atoms. The average molecular weight is 719 g/mol. The van der Waals surface area contributed by atoms with Crippen LogP contribution < -0.4 is 0 Å². The molecule has 4 heteroatoms. The predicted octanol–water partition coefficient (Wildman–Crippen LogP) is 12.9. The van der Waals surface area contributed by atoms with Crippen molar-refractivity contribution in [3.05, 3.63) is 186 Å². The summed E-state index contributed by atoms with van der Waals surface area (Å²) >= 11 is 0. The fourth-order valence-electron chi connectivity index (χ4n) is 9.08. The highest BCUT2D eigenvalue weighted by atomic mass is 15.2. The van der Waals surface area contributed by atoms with Crippen molar-refractivity contribution < 1.29 is 0 Å². The van der Waals surface area contributed by atoms with Crippen LogP contribution in [0, 0.1) is 0 Å². The maximum atomic E-state index is 5.18. The fourth-order valence-corrected chi connectivity index (χ4v) is 9.08. The Labute approximate surface area is 326 Å². The molecule has 0 saturated carbocycles. The van der Waals surface area contributed by atoms with Gasteiger partial charge in [0.25, 0.3) is 0 Å². The van der Waals surface area contributed by atoms with E-state index in [2.05, 4.69) is 152 Å². The molecule has 0 bridgehead atoms. The summed E-state index contributed by atoms with van der Waals surface area (Å²) in [5.41, 5.74) is 17.0. The number of benzene rings is 7. The van der Waals surface area contributed by atoms with Crippen LogP contribution in [0.4, 0.5) is 0 Å². The molecule has 0 fully saturated rings. The van der Waals surface area contributed by atoms with Gasteiger partial charge in [0.05, 0.1) is 11.0 Å². The summed E-state index contributed by atoms with van der Waals surface area (Å²) < 4.78 is 2.23. The van der Waals surface area contributed by atoms with Gasteiger partial charge < -0.3 is 0 Å². The highest BCUT2D eigenvalue weighted by Gasteiger charge is 2.35. The van der Waals surface area contributed by atoms with Gasteiger partial charge in [0.1, 0.15) is 0 Å². The predicted molar refractivity (Wildman–Crippen MR) is 231 cm³/mol. The Morgan fingerprint density at radius 2 is 1.11 bits per heavy atom. The van der Waals surface area contributed by atoms with Crippen molar-refractivity contribution in [1.82, 2.24) is 19.5 Å². The topological polar surface area (TPSA) is 43.6 Å². The second-order valence-electron chi connectivity index (χ2n) is 15.6. The standard InChI is InChI=1S/C52H38N4/c1-52(2)44-23-12-11-22-41(44)42-27-24-39(32-45(42)52)37-20-13-19-36(30-37)38-26-28-46-43(31-38)48-40-21-10-9-14-33(40)25-29-47(48)56(46)51-54-49(34-15-5-3-6-16-34)53-50(55-51)35-17-7-4-8-18-35/h3-8,10-13,15-32H,9,14H2,1-2H3. The van der Waals surface area contributed by atoms with E-state index in [1.54, 1.807) is 0 Å². The van der Waals surface area contributed by atoms with Crippen molar-refractivity contribution in [3.63, 3.8) is 0 Å². The van der Waals surface area contributed by atoms with E-state index < -0.39 is 0 Å². The van der Waals surface area contributed by atoms with Crippen molar-refractivity contribution in [2.45, 2.75) is 32.1 Å². The van der Waals surface area contributed by atoms with Crippen LogP contribution in [0.25, 0.3) is 90.0 Å². The van der Waals surface area contributed by atoms with Crippen LogP contribution in [0.3, 0.4) is 0 Å². The lowest BCUT2D eigenvalue weighted by Crippen LogP contribution is -2.14. The van der Waals surface area contributed by atoms with Crippen molar-refractivity contribution in [2.75, 3.05) is 0 Å². The molecule has 0 amide bonds. The maximum Gasteiger partial charge on any atom is 0.238 e. The lowest BCUT2D eigenvalue weighted by Gasteiger charge is -2.22. The van der Waals surface area contributed by atoms with Gasteiger partial charge in [0.2, 0.25) is 5.95 Å². The first-order valence-corrected chi connectivity index (χ1v) is 19.5. The number of allylic oxidation sites excluding steroid dienone is 1. The van der Waals surface area contributed by atoms with Gasteiger partial charge in [-0.15, -0.1) is 0 Å². The summed E-state index contributed by atoms with van der Waals surface area (Å²) in [5.74, 6) is 1.90. The molecular formula is C52H38N4. The van der Waals surface area contributed by atoms with Crippen molar-refractivity contribution >= 4 is 27.9 Å². The Morgan fingerprint density at radius 3 is 1.86 bits per heavy atom. The molecule has 2 aliphatic rings. The van der Waals surface area contributed by atoms with E-state index in [1.807, 2.05) is 36.4 Å². The fraction of sp³-hybridized carbons (Fsp3) is 0.0962. The van der Waals surface area contributed by atoms with E-state index in [0.29, 0.717) is 17.6 Å². The van der Waals surface area contributed by atoms with Crippen molar-refractivity contribution in [1.29, 1.82) is 0 Å². The van der Waals surface area contributed by atoms with Crippen molar-refractivity contribution in [2.24, 2.45) is 0 Å². The summed E-state index contributed by atoms with van der Waals surface area (Å²) in [6.45, 7) is 4.69. The van der Waals surface area contributed by atoms with Gasteiger partial charge in [0.15, 0.2) is 11.6 Å². The number of aryl methyl sites for hydroxylation is 1. The Bertz CT molecular complexity index is 2990. The summed E-state index contributed by atoms with van der Waals surface area (Å²) in [6, 6.07) is 56.7. The van der Waals surface area contributed by atoms with Crippen LogP contribution in [-0.2, 0) is 11.8 Å². The smallest absolute Gasteiger partial charge is 0.238 e. The Kier molecular flexibility index (Phi) is 7.30. The van der Waals surface area contributed by atoms with Crippen LogP contribution in [0.2, 0.25) is 0 Å². The highest BCUT2D eigenvalue weighted by molar-refractivity contribution is 6.14. The molecule has 2 aliphatic carbocycles. The molecule has 0 aliphatic heterocycles. The highest BCUT2D eigenvalue weighted by Crippen LogP contribution is 2.49. The minimum Gasteiger partial charge on any atom is -0.278 e. The summed E-state index contributed by atoms with van der Waals surface area (Å²) in [5, 5.41) is 2.42. The first-order chi connectivity index (χ1) is 27.5. The van der Waals surface area contributed by atoms with E-state index in [4.69, 9.17) is 15.0 Å². The minimum atomic E-state index is -0.0470. The molecule has 0 saturated heterocycles. The lowest BCUT2D eigenvalue weighted by molar-refractivity contribution is 0.660. The third-order valence-electron chi connectivity index (χ3n) is 11.9. The van der Waals surface area contributed by atoms with Crippen LogP contribution in [0.1, 0.15) is 42.5 Å². The molecule has 7 aromatic carbocycles. The summed E-state index contributed by atoms with van der Waals surface area (Å²) in [6.07, 6.45) is 6.69. The van der Waals surface area contributed by atoms with Gasteiger partial charge in [-0.3, -0.25) is 4.57 Å². The van der Waals surface area contributed by atoms with Crippen LogP contribution in [0.15, 0.2) is 164 Å². The molecule has 2 aromatic heterocycles. The largest absolute Gasteiger partial charge is 0.278 e. The third-order valence-corrected chi connectivity index (χ3v) is 11.9. The molecule has 0 radical (unpaired) electrons. The normalized spacial score (nSPS) is 13.8. The molecule has 4 nitrogen and oxygen atoms in total. The maximum absolute atomic E-state index is 5.18. The zero-order chi connectivity index (χ0) is 37.4. The van der Waals surface area contributed by atoms with Crippen LogP contribution >= 0.6 is 0 Å². The van der Waals surface area contributed by atoms with E-state index in [0.717, 1.165) is 35.0 Å².